The fourth-order valence-electron chi connectivity index (χ4n) is 2.95. The molecule has 1 fully saturated rings. The Kier molecular flexibility index (Phi) is 4.85. The number of anilines is 1. The zero-order valence-electron chi connectivity index (χ0n) is 10.6. The van der Waals surface area contributed by atoms with Crippen molar-refractivity contribution in [1.29, 1.82) is 0 Å². The van der Waals surface area contributed by atoms with Crippen molar-refractivity contribution in [3.8, 4) is 0 Å². The molecule has 0 amide bonds. The van der Waals surface area contributed by atoms with Gasteiger partial charge in [0.25, 0.3) is 0 Å². The molecule has 4 heteroatoms. The van der Waals surface area contributed by atoms with Gasteiger partial charge in [-0.2, -0.15) is 0 Å². The van der Waals surface area contributed by atoms with Crippen molar-refractivity contribution in [3.05, 3.63) is 26.7 Å². The van der Waals surface area contributed by atoms with Crippen LogP contribution in [-0.4, -0.2) is 6.04 Å². The highest BCUT2D eigenvalue weighted by Gasteiger charge is 2.24. The normalized spacial score (nSPS) is 28.2. The molecule has 0 radical (unpaired) electrons. The average molecular weight is 351 g/mol. The predicted molar refractivity (Wildman–Crippen MR) is 83.8 cm³/mol. The van der Waals surface area contributed by atoms with E-state index in [0.717, 1.165) is 22.0 Å². The summed E-state index contributed by atoms with van der Waals surface area (Å²) in [4.78, 5) is 0. The summed E-state index contributed by atoms with van der Waals surface area (Å²) in [5.41, 5.74) is 0.868. The van der Waals surface area contributed by atoms with Gasteiger partial charge in [0, 0.05) is 10.5 Å². The first-order chi connectivity index (χ1) is 8.45. The molecule has 1 aliphatic carbocycles. The molecule has 2 unspecified atom stereocenters. The third kappa shape index (κ3) is 3.55. The van der Waals surface area contributed by atoms with E-state index in [-0.39, 0.29) is 0 Å². The zero-order chi connectivity index (χ0) is 13.3. The van der Waals surface area contributed by atoms with Gasteiger partial charge in [0.15, 0.2) is 0 Å². The molecule has 0 aromatic heterocycles. The molecular weight excluding hydrogens is 333 g/mol. The van der Waals surface area contributed by atoms with Crippen LogP contribution in [0.5, 0.6) is 0 Å². The third-order valence-electron chi connectivity index (χ3n) is 3.53. The summed E-state index contributed by atoms with van der Waals surface area (Å²) in [6, 6.07) is 4.23. The fourth-order valence-corrected chi connectivity index (χ4v) is 4.27. The minimum absolute atomic E-state index is 0.472. The molecule has 1 aromatic carbocycles. The van der Waals surface area contributed by atoms with E-state index in [1.165, 1.54) is 19.3 Å². The Morgan fingerprint density at radius 3 is 2.06 bits per heavy atom. The Morgan fingerprint density at radius 2 is 1.56 bits per heavy atom. The van der Waals surface area contributed by atoms with Gasteiger partial charge in [0.05, 0.1) is 15.7 Å². The third-order valence-corrected chi connectivity index (χ3v) is 4.59. The van der Waals surface area contributed by atoms with Gasteiger partial charge in [-0.05, 0) is 43.2 Å². The second-order valence-corrected chi connectivity index (χ2v) is 7.23. The summed E-state index contributed by atoms with van der Waals surface area (Å²) in [5.74, 6) is 1.53. The lowest BCUT2D eigenvalue weighted by Crippen LogP contribution is -2.30. The zero-order valence-corrected chi connectivity index (χ0v) is 13.7. The molecule has 1 saturated carbocycles. The number of nitrogens with one attached hydrogen (secondary N) is 1. The van der Waals surface area contributed by atoms with Crippen molar-refractivity contribution >= 4 is 44.8 Å². The Morgan fingerprint density at radius 1 is 1.06 bits per heavy atom. The second kappa shape index (κ2) is 6.02. The van der Waals surface area contributed by atoms with E-state index < -0.39 is 0 Å². The van der Waals surface area contributed by atoms with Gasteiger partial charge in [-0.25, -0.2) is 0 Å². The molecule has 2 atom stereocenters. The standard InChI is InChI=1S/C14H18BrCl2N/c1-8-3-9(2)5-11(4-8)18-14-12(16)6-10(15)7-13(14)17/h6-9,11,18H,3-5H2,1-2H3. The maximum absolute atomic E-state index is 6.25. The lowest BCUT2D eigenvalue weighted by atomic mass is 9.80. The quantitative estimate of drug-likeness (QED) is 0.690. The minimum atomic E-state index is 0.472. The molecule has 1 N–H and O–H groups in total. The number of rotatable bonds is 2. The molecule has 0 bridgehead atoms. The summed E-state index contributed by atoms with van der Waals surface area (Å²) in [6.07, 6.45) is 3.69. The maximum atomic E-state index is 6.25. The van der Waals surface area contributed by atoms with Crippen LogP contribution in [0.4, 0.5) is 5.69 Å². The first kappa shape index (κ1) is 14.5. The van der Waals surface area contributed by atoms with Crippen molar-refractivity contribution in [2.24, 2.45) is 11.8 Å². The monoisotopic (exact) mass is 349 g/mol. The number of benzene rings is 1. The van der Waals surface area contributed by atoms with Crippen LogP contribution >= 0.6 is 39.1 Å². The first-order valence-electron chi connectivity index (χ1n) is 6.36. The van der Waals surface area contributed by atoms with E-state index >= 15 is 0 Å². The van der Waals surface area contributed by atoms with Gasteiger partial charge in [-0.1, -0.05) is 53.0 Å². The molecule has 100 valence electrons. The van der Waals surface area contributed by atoms with Crippen LogP contribution in [0.25, 0.3) is 0 Å². The molecule has 0 heterocycles. The Balaban J connectivity index is 2.14. The summed E-state index contributed by atoms with van der Waals surface area (Å²) in [5, 5.41) is 4.88. The Hall–Kier alpha value is 0.0800. The van der Waals surface area contributed by atoms with Crippen LogP contribution in [-0.2, 0) is 0 Å². The highest BCUT2D eigenvalue weighted by atomic mass is 79.9. The highest BCUT2D eigenvalue weighted by Crippen LogP contribution is 2.37. The van der Waals surface area contributed by atoms with E-state index in [0.29, 0.717) is 16.1 Å². The van der Waals surface area contributed by atoms with Gasteiger partial charge in [0.1, 0.15) is 0 Å². The first-order valence-corrected chi connectivity index (χ1v) is 7.91. The molecule has 0 saturated heterocycles. The maximum Gasteiger partial charge on any atom is 0.0721 e. The van der Waals surface area contributed by atoms with Gasteiger partial charge in [-0.15, -0.1) is 0 Å². The van der Waals surface area contributed by atoms with E-state index in [1.54, 1.807) is 0 Å². The van der Waals surface area contributed by atoms with Crippen molar-refractivity contribution in [2.75, 3.05) is 5.32 Å². The van der Waals surface area contributed by atoms with E-state index in [4.69, 9.17) is 23.2 Å². The summed E-state index contributed by atoms with van der Waals surface area (Å²) in [6.45, 7) is 4.63. The largest absolute Gasteiger partial charge is 0.380 e. The van der Waals surface area contributed by atoms with Gasteiger partial charge in [0.2, 0.25) is 0 Å². The Bertz CT molecular complexity index is 403. The molecule has 2 rings (SSSR count). The summed E-state index contributed by atoms with van der Waals surface area (Å²) in [7, 11) is 0. The summed E-state index contributed by atoms with van der Waals surface area (Å²) >= 11 is 15.9. The van der Waals surface area contributed by atoms with Crippen LogP contribution in [0.3, 0.4) is 0 Å². The molecule has 0 aliphatic heterocycles. The SMILES string of the molecule is CC1CC(C)CC(Nc2c(Cl)cc(Br)cc2Cl)C1. The molecule has 1 aliphatic rings. The van der Waals surface area contributed by atoms with Crippen molar-refractivity contribution < 1.29 is 0 Å². The van der Waals surface area contributed by atoms with Crippen LogP contribution in [0.1, 0.15) is 33.1 Å². The van der Waals surface area contributed by atoms with Crippen LogP contribution < -0.4 is 5.32 Å². The summed E-state index contributed by atoms with van der Waals surface area (Å²) < 4.78 is 0.911. The molecule has 18 heavy (non-hydrogen) atoms. The van der Waals surface area contributed by atoms with Crippen molar-refractivity contribution in [2.45, 2.75) is 39.2 Å². The Labute approximate surface area is 127 Å². The minimum Gasteiger partial charge on any atom is -0.380 e. The van der Waals surface area contributed by atoms with E-state index in [9.17, 15) is 0 Å². The van der Waals surface area contributed by atoms with E-state index in [1.807, 2.05) is 12.1 Å². The smallest absolute Gasteiger partial charge is 0.0721 e. The van der Waals surface area contributed by atoms with E-state index in [2.05, 4.69) is 35.1 Å². The lowest BCUT2D eigenvalue weighted by Gasteiger charge is -2.33. The molecular formula is C14H18BrCl2N. The number of hydrogen-bond donors (Lipinski definition) is 1. The number of halogens is 3. The predicted octanol–water partition coefficient (Wildman–Crippen LogP) is 5.99. The molecule has 1 nitrogen and oxygen atoms in total. The second-order valence-electron chi connectivity index (χ2n) is 5.50. The highest BCUT2D eigenvalue weighted by molar-refractivity contribution is 9.10. The fraction of sp³-hybridized carbons (Fsp3) is 0.571. The molecule has 0 spiro atoms. The molecule has 1 aromatic rings. The average Bonchev–Trinajstić information content (AvgIpc) is 2.22. The van der Waals surface area contributed by atoms with Crippen LogP contribution in [0.2, 0.25) is 10.0 Å². The topological polar surface area (TPSA) is 12.0 Å². The lowest BCUT2D eigenvalue weighted by molar-refractivity contribution is 0.281. The van der Waals surface area contributed by atoms with Crippen molar-refractivity contribution in [3.63, 3.8) is 0 Å². The van der Waals surface area contributed by atoms with Gasteiger partial charge >= 0.3 is 0 Å². The van der Waals surface area contributed by atoms with Crippen molar-refractivity contribution in [1.82, 2.24) is 0 Å². The van der Waals surface area contributed by atoms with Crippen LogP contribution in [0, 0.1) is 11.8 Å². The van der Waals surface area contributed by atoms with Crippen LogP contribution in [0.15, 0.2) is 16.6 Å². The van der Waals surface area contributed by atoms with Gasteiger partial charge in [-0.3, -0.25) is 0 Å². The van der Waals surface area contributed by atoms with Gasteiger partial charge < -0.3 is 5.32 Å². The number of hydrogen-bond acceptors (Lipinski definition) is 1.